The average molecular weight is 269 g/mol. The van der Waals surface area contributed by atoms with Crippen molar-refractivity contribution in [1.82, 2.24) is 0 Å². The van der Waals surface area contributed by atoms with Gasteiger partial charge in [0.1, 0.15) is 6.20 Å². The minimum Gasteiger partial charge on any atom is -0.480 e. The Hall–Kier alpha value is -1.99. The third kappa shape index (κ3) is 3.49. The number of carboxylic acids is 2. The van der Waals surface area contributed by atoms with Crippen molar-refractivity contribution in [1.29, 1.82) is 0 Å². The minimum atomic E-state index is -1.11. The van der Waals surface area contributed by atoms with Crippen LogP contribution in [0.1, 0.15) is 13.3 Å². The van der Waals surface area contributed by atoms with E-state index in [-0.39, 0.29) is 11.0 Å². The third-order valence-corrected chi connectivity index (χ3v) is 2.86. The summed E-state index contributed by atoms with van der Waals surface area (Å²) in [5, 5.41) is 17.7. The highest BCUT2D eigenvalue weighted by molar-refractivity contribution is 5.82. The number of carboxylic acid groups (broad SMARTS) is 2. The van der Waals surface area contributed by atoms with Crippen molar-refractivity contribution < 1.29 is 29.0 Å². The Kier molecular flexibility index (Phi) is 4.96. The molecule has 0 saturated heterocycles. The van der Waals surface area contributed by atoms with Gasteiger partial charge in [0.25, 0.3) is 0 Å². The highest BCUT2D eigenvalue weighted by Crippen LogP contribution is 2.24. The normalized spacial score (nSPS) is 22.9. The van der Waals surface area contributed by atoms with Gasteiger partial charge in [-0.25, -0.2) is 19.1 Å². The molecule has 7 heteroatoms. The standard InChI is InChI=1S/C12H16N2O5/c1-3-4-10-13-5-6-14(10,7-11(15)16)9(2)19-8-12(17)18/h3,5-6,9H,1,4,7-8H2,2H3,(H-,15,16,17,18)/p+1. The fraction of sp³-hybridized carbons (Fsp3) is 0.417. The predicted octanol–water partition coefficient (Wildman–Crippen LogP) is 0.794. The SMILES string of the molecule is C=CCC1=NC=C[N+]1(CC(=O)O)C(C)OCC(=O)O. The Morgan fingerprint density at radius 1 is 1.53 bits per heavy atom. The van der Waals surface area contributed by atoms with Gasteiger partial charge < -0.3 is 14.9 Å². The number of amidine groups is 1. The molecule has 1 rings (SSSR count). The smallest absolute Gasteiger partial charge is 0.360 e. The Labute approximate surface area is 110 Å². The van der Waals surface area contributed by atoms with Crippen molar-refractivity contribution in [2.75, 3.05) is 13.2 Å². The first-order chi connectivity index (χ1) is 8.92. The number of rotatable bonds is 8. The molecule has 0 aliphatic carbocycles. The maximum atomic E-state index is 11.1. The van der Waals surface area contributed by atoms with E-state index in [4.69, 9.17) is 14.9 Å². The van der Waals surface area contributed by atoms with E-state index >= 15 is 0 Å². The fourth-order valence-electron chi connectivity index (χ4n) is 1.94. The van der Waals surface area contributed by atoms with Crippen molar-refractivity contribution in [3.05, 3.63) is 25.1 Å². The summed E-state index contributed by atoms with van der Waals surface area (Å²) >= 11 is 0. The molecule has 0 bridgehead atoms. The summed E-state index contributed by atoms with van der Waals surface area (Å²) in [5.41, 5.74) is 0. The topological polar surface area (TPSA) is 96.2 Å². The molecule has 0 aromatic heterocycles. The van der Waals surface area contributed by atoms with Gasteiger partial charge in [0.2, 0.25) is 12.1 Å². The predicted molar refractivity (Wildman–Crippen MR) is 67.2 cm³/mol. The number of ether oxygens (including phenoxy) is 1. The van der Waals surface area contributed by atoms with Crippen molar-refractivity contribution in [2.45, 2.75) is 19.6 Å². The molecule has 2 N–H and O–H groups in total. The number of hydrogen-bond acceptors (Lipinski definition) is 4. The summed E-state index contributed by atoms with van der Waals surface area (Å²) in [6.07, 6.45) is 4.46. The average Bonchev–Trinajstić information content (AvgIpc) is 2.70. The molecule has 1 heterocycles. The molecule has 0 spiro atoms. The van der Waals surface area contributed by atoms with Crippen molar-refractivity contribution in [3.8, 4) is 0 Å². The Bertz CT molecular complexity index is 443. The van der Waals surface area contributed by atoms with Crippen LogP contribution in [0.5, 0.6) is 0 Å². The zero-order valence-corrected chi connectivity index (χ0v) is 10.7. The van der Waals surface area contributed by atoms with E-state index in [0.29, 0.717) is 12.3 Å². The van der Waals surface area contributed by atoms with Crippen molar-refractivity contribution in [2.24, 2.45) is 4.99 Å². The molecular formula is C12H17N2O5+. The number of aliphatic carboxylic acids is 2. The molecule has 1 aliphatic rings. The molecule has 7 nitrogen and oxygen atoms in total. The molecule has 104 valence electrons. The van der Waals surface area contributed by atoms with E-state index in [2.05, 4.69) is 11.6 Å². The van der Waals surface area contributed by atoms with Crippen molar-refractivity contribution >= 4 is 17.8 Å². The number of nitrogens with zero attached hydrogens (tertiary/aromatic N) is 2. The highest BCUT2D eigenvalue weighted by Gasteiger charge is 2.43. The maximum absolute atomic E-state index is 11.1. The van der Waals surface area contributed by atoms with E-state index in [1.54, 1.807) is 19.2 Å². The van der Waals surface area contributed by atoms with Crippen LogP contribution in [0.3, 0.4) is 0 Å². The van der Waals surface area contributed by atoms with Gasteiger partial charge in [0.05, 0.1) is 12.6 Å². The van der Waals surface area contributed by atoms with Crippen LogP contribution in [0.15, 0.2) is 30.0 Å². The summed E-state index contributed by atoms with van der Waals surface area (Å²) in [6, 6.07) is 0. The summed E-state index contributed by atoms with van der Waals surface area (Å²) in [5.74, 6) is -1.56. The first-order valence-corrected chi connectivity index (χ1v) is 5.71. The molecule has 2 unspecified atom stereocenters. The fourth-order valence-corrected chi connectivity index (χ4v) is 1.94. The molecule has 0 radical (unpaired) electrons. The summed E-state index contributed by atoms with van der Waals surface area (Å²) < 4.78 is 5.07. The van der Waals surface area contributed by atoms with E-state index in [0.717, 1.165) is 0 Å². The second-order valence-corrected chi connectivity index (χ2v) is 4.12. The quantitative estimate of drug-likeness (QED) is 0.501. The summed E-state index contributed by atoms with van der Waals surface area (Å²) in [7, 11) is 0. The van der Waals surface area contributed by atoms with Gasteiger partial charge in [-0.3, -0.25) is 0 Å². The van der Waals surface area contributed by atoms with Crippen LogP contribution in [-0.2, 0) is 14.3 Å². The van der Waals surface area contributed by atoms with Gasteiger partial charge in [0, 0.05) is 6.92 Å². The minimum absolute atomic E-state index is 0.144. The Morgan fingerprint density at radius 3 is 2.74 bits per heavy atom. The van der Waals surface area contributed by atoms with Crippen LogP contribution in [0.4, 0.5) is 0 Å². The lowest BCUT2D eigenvalue weighted by atomic mass is 10.2. The first-order valence-electron chi connectivity index (χ1n) is 5.71. The molecule has 0 aromatic carbocycles. The van der Waals surface area contributed by atoms with Gasteiger partial charge in [-0.15, -0.1) is 6.58 Å². The van der Waals surface area contributed by atoms with E-state index in [1.165, 1.54) is 6.20 Å². The van der Waals surface area contributed by atoms with E-state index < -0.39 is 24.8 Å². The van der Waals surface area contributed by atoms with Gasteiger partial charge in [0.15, 0.2) is 13.2 Å². The van der Waals surface area contributed by atoms with Crippen LogP contribution in [0, 0.1) is 0 Å². The monoisotopic (exact) mass is 269 g/mol. The molecule has 0 saturated carbocycles. The molecule has 1 aliphatic heterocycles. The second kappa shape index (κ2) is 6.26. The Morgan fingerprint density at radius 2 is 2.21 bits per heavy atom. The van der Waals surface area contributed by atoms with E-state index in [9.17, 15) is 9.59 Å². The lowest BCUT2D eigenvalue weighted by Gasteiger charge is -2.35. The number of aliphatic imine (C=N–C) groups is 1. The summed E-state index contributed by atoms with van der Waals surface area (Å²) in [4.78, 5) is 25.7. The largest absolute Gasteiger partial charge is 0.480 e. The van der Waals surface area contributed by atoms with Crippen molar-refractivity contribution in [3.63, 3.8) is 0 Å². The summed E-state index contributed by atoms with van der Waals surface area (Å²) in [6.45, 7) is 4.48. The lowest BCUT2D eigenvalue weighted by molar-refractivity contribution is -0.833. The van der Waals surface area contributed by atoms with Gasteiger partial charge >= 0.3 is 11.9 Å². The van der Waals surface area contributed by atoms with E-state index in [1.807, 2.05) is 0 Å². The van der Waals surface area contributed by atoms with Gasteiger partial charge in [-0.1, -0.05) is 6.08 Å². The van der Waals surface area contributed by atoms with Gasteiger partial charge in [-0.05, 0) is 0 Å². The third-order valence-electron chi connectivity index (χ3n) is 2.86. The van der Waals surface area contributed by atoms with Crippen LogP contribution >= 0.6 is 0 Å². The number of carbonyl (C=O) groups is 2. The molecule has 19 heavy (non-hydrogen) atoms. The molecule has 0 aromatic rings. The molecule has 0 fully saturated rings. The van der Waals surface area contributed by atoms with Crippen LogP contribution < -0.4 is 0 Å². The molecular weight excluding hydrogens is 252 g/mol. The van der Waals surface area contributed by atoms with Crippen LogP contribution in [0.2, 0.25) is 0 Å². The first kappa shape index (κ1) is 15.1. The second-order valence-electron chi connectivity index (χ2n) is 4.12. The lowest BCUT2D eigenvalue weighted by Crippen LogP contribution is -2.56. The highest BCUT2D eigenvalue weighted by atomic mass is 16.5. The zero-order valence-electron chi connectivity index (χ0n) is 10.7. The number of hydrogen-bond donors (Lipinski definition) is 2. The zero-order chi connectivity index (χ0) is 14.5. The molecule has 0 amide bonds. The number of quaternary nitrogens is 1. The Balaban J connectivity index is 2.96. The maximum Gasteiger partial charge on any atom is 0.360 e. The van der Waals surface area contributed by atoms with Gasteiger partial charge in [-0.2, -0.15) is 0 Å². The molecule has 2 atom stereocenters. The van der Waals surface area contributed by atoms with Crippen LogP contribution in [0.25, 0.3) is 0 Å². The van der Waals surface area contributed by atoms with Crippen LogP contribution in [-0.4, -0.2) is 51.8 Å².